The molecule has 0 radical (unpaired) electrons. The Hall–Kier alpha value is -3.08. The molecule has 2 aromatic rings. The van der Waals surface area contributed by atoms with Gasteiger partial charge >= 0.3 is 0 Å². The van der Waals surface area contributed by atoms with Gasteiger partial charge in [0.25, 0.3) is 11.8 Å². The Morgan fingerprint density at radius 3 is 2.00 bits per heavy atom. The van der Waals surface area contributed by atoms with Crippen molar-refractivity contribution in [3.63, 3.8) is 0 Å². The molecular weight excluding hydrogens is 314 g/mol. The van der Waals surface area contributed by atoms with Crippen molar-refractivity contribution in [3.8, 4) is 0 Å². The lowest BCUT2D eigenvalue weighted by Gasteiger charge is -2.15. The maximum Gasteiger partial charge on any atom is 0.269 e. The fourth-order valence-corrected chi connectivity index (χ4v) is 2.21. The zero-order valence-electron chi connectivity index (χ0n) is 15.0. The molecule has 2 aromatic carbocycles. The molecule has 0 aromatic heterocycles. The van der Waals surface area contributed by atoms with Crippen molar-refractivity contribution < 1.29 is 9.59 Å². The molecule has 0 atom stereocenters. The number of benzene rings is 2. The van der Waals surface area contributed by atoms with Crippen molar-refractivity contribution in [2.24, 2.45) is 0 Å². The SMILES string of the molecule is CN(C)C(=O)/C(=C\c1ccc(N(C)C)cc1)NC(=O)c1ccccc1. The first-order valence-corrected chi connectivity index (χ1v) is 7.95. The highest BCUT2D eigenvalue weighted by Crippen LogP contribution is 2.15. The summed E-state index contributed by atoms with van der Waals surface area (Å²) in [5, 5.41) is 2.72. The number of carbonyl (C=O) groups is 2. The molecule has 0 heterocycles. The monoisotopic (exact) mass is 337 g/mol. The third-order valence-electron chi connectivity index (χ3n) is 3.64. The molecule has 0 unspecified atom stereocenters. The normalized spacial score (nSPS) is 11.0. The van der Waals surface area contributed by atoms with E-state index in [0.717, 1.165) is 11.3 Å². The highest BCUT2D eigenvalue weighted by Gasteiger charge is 2.16. The zero-order chi connectivity index (χ0) is 18.4. The smallest absolute Gasteiger partial charge is 0.269 e. The van der Waals surface area contributed by atoms with E-state index in [1.165, 1.54) is 4.90 Å². The van der Waals surface area contributed by atoms with Crippen LogP contribution in [0.2, 0.25) is 0 Å². The summed E-state index contributed by atoms with van der Waals surface area (Å²) in [6.07, 6.45) is 1.68. The molecule has 2 amide bonds. The summed E-state index contributed by atoms with van der Waals surface area (Å²) in [5.74, 6) is -0.576. The standard InChI is InChI=1S/C20H23N3O2/c1-22(2)17-12-10-15(11-13-17)14-18(20(25)23(3)4)21-19(24)16-8-6-5-7-9-16/h5-14H,1-4H3,(H,21,24)/b18-14+. The number of hydrogen-bond donors (Lipinski definition) is 1. The number of nitrogens with one attached hydrogen (secondary N) is 1. The Labute approximate surface area is 148 Å². The number of likely N-dealkylation sites (N-methyl/N-ethyl adjacent to an activating group) is 1. The van der Waals surface area contributed by atoms with E-state index < -0.39 is 0 Å². The fraction of sp³-hybridized carbons (Fsp3) is 0.200. The Kier molecular flexibility index (Phi) is 5.95. The summed E-state index contributed by atoms with van der Waals surface area (Å²) in [6.45, 7) is 0. The van der Waals surface area contributed by atoms with Crippen molar-refractivity contribution in [3.05, 3.63) is 71.4 Å². The average Bonchev–Trinajstić information content (AvgIpc) is 2.61. The van der Waals surface area contributed by atoms with E-state index in [0.29, 0.717) is 5.56 Å². The first-order chi connectivity index (χ1) is 11.9. The van der Waals surface area contributed by atoms with Crippen molar-refractivity contribution in [1.82, 2.24) is 10.2 Å². The van der Waals surface area contributed by atoms with Gasteiger partial charge in [0.2, 0.25) is 0 Å². The molecule has 130 valence electrons. The van der Waals surface area contributed by atoms with Gasteiger partial charge in [0.15, 0.2) is 0 Å². The van der Waals surface area contributed by atoms with Gasteiger partial charge < -0.3 is 15.1 Å². The summed E-state index contributed by atoms with van der Waals surface area (Å²) in [5.41, 5.74) is 2.63. The van der Waals surface area contributed by atoms with E-state index in [-0.39, 0.29) is 17.5 Å². The summed E-state index contributed by atoms with van der Waals surface area (Å²) in [7, 11) is 7.23. The van der Waals surface area contributed by atoms with Gasteiger partial charge in [0.1, 0.15) is 5.70 Å². The van der Waals surface area contributed by atoms with Gasteiger partial charge in [-0.1, -0.05) is 30.3 Å². The van der Waals surface area contributed by atoms with Crippen molar-refractivity contribution >= 4 is 23.6 Å². The molecule has 1 N–H and O–H groups in total. The number of carbonyl (C=O) groups excluding carboxylic acids is 2. The Morgan fingerprint density at radius 2 is 1.48 bits per heavy atom. The van der Waals surface area contributed by atoms with Crippen LogP contribution in [0.25, 0.3) is 6.08 Å². The van der Waals surface area contributed by atoms with Crippen molar-refractivity contribution in [1.29, 1.82) is 0 Å². The van der Waals surface area contributed by atoms with E-state index in [9.17, 15) is 9.59 Å². The molecule has 0 aliphatic carbocycles. The molecule has 0 saturated carbocycles. The van der Waals surface area contributed by atoms with Crippen LogP contribution in [0.15, 0.2) is 60.3 Å². The van der Waals surface area contributed by atoms with Gasteiger partial charge in [-0.3, -0.25) is 9.59 Å². The molecule has 5 nitrogen and oxygen atoms in total. The van der Waals surface area contributed by atoms with Gasteiger partial charge in [-0.25, -0.2) is 0 Å². The minimum atomic E-state index is -0.313. The maximum atomic E-state index is 12.4. The van der Waals surface area contributed by atoms with Gasteiger partial charge in [-0.2, -0.15) is 0 Å². The van der Waals surface area contributed by atoms with Gasteiger partial charge in [0.05, 0.1) is 0 Å². The second-order valence-corrected chi connectivity index (χ2v) is 6.06. The minimum absolute atomic E-state index is 0.233. The molecule has 0 saturated heterocycles. The third kappa shape index (κ3) is 4.94. The number of rotatable bonds is 5. The third-order valence-corrected chi connectivity index (χ3v) is 3.64. The summed E-state index contributed by atoms with van der Waals surface area (Å²) < 4.78 is 0. The fourth-order valence-electron chi connectivity index (χ4n) is 2.21. The van der Waals surface area contributed by atoms with Gasteiger partial charge in [-0.05, 0) is 35.9 Å². The van der Waals surface area contributed by atoms with Crippen LogP contribution < -0.4 is 10.2 Å². The molecule has 2 rings (SSSR count). The largest absolute Gasteiger partial charge is 0.378 e. The predicted molar refractivity (Wildman–Crippen MR) is 101 cm³/mol. The van der Waals surface area contributed by atoms with Crippen LogP contribution in [0.3, 0.4) is 0 Å². The van der Waals surface area contributed by atoms with E-state index in [2.05, 4.69) is 5.32 Å². The summed E-state index contributed by atoms with van der Waals surface area (Å²) in [6, 6.07) is 16.6. The van der Waals surface area contributed by atoms with E-state index >= 15 is 0 Å². The lowest BCUT2D eigenvalue weighted by Crippen LogP contribution is -2.34. The van der Waals surface area contributed by atoms with Gasteiger partial charge in [-0.15, -0.1) is 0 Å². The molecule has 0 spiro atoms. The van der Waals surface area contributed by atoms with Crippen LogP contribution in [0.4, 0.5) is 5.69 Å². The predicted octanol–water partition coefficient (Wildman–Crippen LogP) is 2.61. The van der Waals surface area contributed by atoms with Crippen molar-refractivity contribution in [2.75, 3.05) is 33.1 Å². The molecule has 0 aliphatic heterocycles. The molecule has 0 fully saturated rings. The topological polar surface area (TPSA) is 52.7 Å². The lowest BCUT2D eigenvalue weighted by atomic mass is 10.1. The van der Waals surface area contributed by atoms with Gasteiger partial charge in [0, 0.05) is 39.4 Å². The number of hydrogen-bond acceptors (Lipinski definition) is 3. The lowest BCUT2D eigenvalue weighted by molar-refractivity contribution is -0.124. The molecule has 0 bridgehead atoms. The second kappa shape index (κ2) is 8.15. The highest BCUT2D eigenvalue weighted by atomic mass is 16.2. The molecular formula is C20H23N3O2. The van der Waals surface area contributed by atoms with Crippen LogP contribution in [0, 0.1) is 0 Å². The first-order valence-electron chi connectivity index (χ1n) is 7.95. The maximum absolute atomic E-state index is 12.4. The second-order valence-electron chi connectivity index (χ2n) is 6.06. The first kappa shape index (κ1) is 18.3. The number of nitrogens with zero attached hydrogens (tertiary/aromatic N) is 2. The Balaban J connectivity index is 2.29. The van der Waals surface area contributed by atoms with E-state index in [1.807, 2.05) is 49.3 Å². The number of anilines is 1. The molecule has 5 heteroatoms. The Morgan fingerprint density at radius 1 is 0.880 bits per heavy atom. The average molecular weight is 337 g/mol. The van der Waals surface area contributed by atoms with Crippen LogP contribution >= 0.6 is 0 Å². The minimum Gasteiger partial charge on any atom is -0.378 e. The van der Waals surface area contributed by atoms with Crippen molar-refractivity contribution in [2.45, 2.75) is 0 Å². The zero-order valence-corrected chi connectivity index (χ0v) is 15.0. The quantitative estimate of drug-likeness (QED) is 0.854. The van der Waals surface area contributed by atoms with Crippen LogP contribution in [0.1, 0.15) is 15.9 Å². The number of amides is 2. The van der Waals surface area contributed by atoms with Crippen LogP contribution in [-0.4, -0.2) is 44.9 Å². The summed E-state index contributed by atoms with van der Waals surface area (Å²) >= 11 is 0. The molecule has 25 heavy (non-hydrogen) atoms. The summed E-state index contributed by atoms with van der Waals surface area (Å²) in [4.78, 5) is 28.2. The van der Waals surface area contributed by atoms with Crippen LogP contribution in [0.5, 0.6) is 0 Å². The molecule has 0 aliphatic rings. The van der Waals surface area contributed by atoms with Crippen LogP contribution in [-0.2, 0) is 4.79 Å². The van der Waals surface area contributed by atoms with E-state index in [1.54, 1.807) is 44.4 Å². The van der Waals surface area contributed by atoms with E-state index in [4.69, 9.17) is 0 Å². The Bertz CT molecular complexity index is 763. The highest BCUT2D eigenvalue weighted by molar-refractivity contribution is 6.05.